The fourth-order valence-electron chi connectivity index (χ4n) is 3.24. The first-order valence-electron chi connectivity index (χ1n) is 10.2. The molecule has 2 aromatic rings. The monoisotopic (exact) mass is 538 g/mol. The first-order chi connectivity index (χ1) is 14.5. The van der Waals surface area contributed by atoms with Crippen LogP contribution in [0.25, 0.3) is 0 Å². The summed E-state index contributed by atoms with van der Waals surface area (Å²) in [6.07, 6.45) is 1.05. The summed E-state index contributed by atoms with van der Waals surface area (Å²) in [6.45, 7) is 5.51. The Morgan fingerprint density at radius 3 is 2.58 bits per heavy atom. The van der Waals surface area contributed by atoms with Crippen LogP contribution in [-0.4, -0.2) is 38.7 Å². The molecule has 1 atom stereocenters. The van der Waals surface area contributed by atoms with Crippen molar-refractivity contribution >= 4 is 35.8 Å². The van der Waals surface area contributed by atoms with Crippen LogP contribution in [0.4, 0.5) is 0 Å². The lowest BCUT2D eigenvalue weighted by Gasteiger charge is -2.17. The number of aryl methyl sites for hydroxylation is 1. The molecule has 1 aliphatic rings. The summed E-state index contributed by atoms with van der Waals surface area (Å²) in [5.41, 5.74) is 9.05. The Labute approximate surface area is 200 Å². The van der Waals surface area contributed by atoms with Crippen molar-refractivity contribution in [1.29, 1.82) is 0 Å². The lowest BCUT2D eigenvalue weighted by atomic mass is 10.1. The van der Waals surface area contributed by atoms with Gasteiger partial charge in [-0.1, -0.05) is 24.3 Å². The molecule has 1 amide bonds. The third-order valence-corrected chi connectivity index (χ3v) is 5.09. The average molecular weight is 538 g/mol. The van der Waals surface area contributed by atoms with Crippen LogP contribution >= 0.6 is 24.0 Å². The Morgan fingerprint density at radius 1 is 1.19 bits per heavy atom. The number of benzene rings is 2. The van der Waals surface area contributed by atoms with E-state index in [1.165, 1.54) is 5.56 Å². The van der Waals surface area contributed by atoms with E-state index in [0.29, 0.717) is 37.1 Å². The van der Waals surface area contributed by atoms with Crippen LogP contribution in [-0.2, 0) is 17.8 Å². The van der Waals surface area contributed by atoms with Crippen molar-refractivity contribution in [3.63, 3.8) is 0 Å². The predicted octanol–water partition coefficient (Wildman–Crippen LogP) is 2.99. The molecule has 1 aliphatic heterocycles. The zero-order valence-electron chi connectivity index (χ0n) is 18.0. The number of hydrogen-bond donors (Lipinski definition) is 3. The molecule has 168 valence electrons. The maximum Gasteiger partial charge on any atom is 0.248 e. The average Bonchev–Trinajstić information content (AvgIpc) is 3.27. The summed E-state index contributed by atoms with van der Waals surface area (Å²) in [7, 11) is 1.73. The third-order valence-electron chi connectivity index (χ3n) is 5.09. The quantitative estimate of drug-likeness (QED) is 0.273. The fourth-order valence-corrected chi connectivity index (χ4v) is 3.24. The van der Waals surface area contributed by atoms with Gasteiger partial charge in [0.25, 0.3) is 0 Å². The van der Waals surface area contributed by atoms with Crippen LogP contribution in [0.2, 0.25) is 0 Å². The number of guanidine groups is 1. The van der Waals surface area contributed by atoms with Crippen LogP contribution in [0.5, 0.6) is 5.75 Å². The van der Waals surface area contributed by atoms with Gasteiger partial charge in [0.05, 0.1) is 13.2 Å². The maximum absolute atomic E-state index is 11.2. The van der Waals surface area contributed by atoms with Crippen LogP contribution in [0, 0.1) is 12.8 Å². The fraction of sp³-hybridized carbons (Fsp3) is 0.391. The van der Waals surface area contributed by atoms with Gasteiger partial charge < -0.3 is 25.8 Å². The number of amides is 1. The molecule has 0 bridgehead atoms. The SMILES string of the molecule is CN=C(NCc1ccc(C(N)=O)cc1)NCc1ccc(C)cc1OCC1CCOC1.I. The highest BCUT2D eigenvalue weighted by Crippen LogP contribution is 2.22. The number of primary amides is 1. The standard InChI is InChI=1S/C23H30N4O3.HI/c1-16-3-6-20(21(11-16)30-15-18-9-10-29-14-18)13-27-23(25-2)26-12-17-4-7-19(8-5-17)22(24)28;/h3-8,11,18H,9-10,12-15H2,1-2H3,(H2,24,28)(H2,25,26,27);1H. The number of rotatable bonds is 8. The van der Waals surface area contributed by atoms with Gasteiger partial charge >= 0.3 is 0 Å². The Bertz CT molecular complexity index is 881. The van der Waals surface area contributed by atoms with E-state index in [1.54, 1.807) is 19.2 Å². The first kappa shape index (κ1) is 24.9. The van der Waals surface area contributed by atoms with Crippen LogP contribution < -0.4 is 21.1 Å². The van der Waals surface area contributed by atoms with Crippen LogP contribution in [0.1, 0.15) is 33.5 Å². The van der Waals surface area contributed by atoms with E-state index >= 15 is 0 Å². The number of aliphatic imine (C=N–C) groups is 1. The van der Waals surface area contributed by atoms with E-state index in [9.17, 15) is 4.79 Å². The van der Waals surface area contributed by atoms with E-state index in [-0.39, 0.29) is 24.0 Å². The highest BCUT2D eigenvalue weighted by Gasteiger charge is 2.17. The van der Waals surface area contributed by atoms with Gasteiger partial charge in [-0.05, 0) is 42.7 Å². The number of ether oxygens (including phenoxy) is 2. The number of carbonyl (C=O) groups excluding carboxylic acids is 1. The lowest BCUT2D eigenvalue weighted by Crippen LogP contribution is -2.36. The number of carbonyl (C=O) groups is 1. The number of halogens is 1. The summed E-state index contributed by atoms with van der Waals surface area (Å²) in [6, 6.07) is 13.4. The molecule has 0 radical (unpaired) electrons. The Kier molecular flexibility index (Phi) is 10.1. The van der Waals surface area contributed by atoms with E-state index in [1.807, 2.05) is 12.1 Å². The van der Waals surface area contributed by atoms with Crippen molar-refractivity contribution in [2.45, 2.75) is 26.4 Å². The third kappa shape index (κ3) is 7.70. The Balaban J connectivity index is 0.00000341. The number of nitrogens with two attached hydrogens (primary N) is 1. The molecule has 1 unspecified atom stereocenters. The number of nitrogens with zero attached hydrogens (tertiary/aromatic N) is 1. The van der Waals surface area contributed by atoms with Gasteiger partial charge in [-0.25, -0.2) is 0 Å². The normalized spacial score (nSPS) is 15.8. The van der Waals surface area contributed by atoms with Gasteiger partial charge in [-0.15, -0.1) is 24.0 Å². The molecule has 0 saturated carbocycles. The molecule has 0 spiro atoms. The lowest BCUT2D eigenvalue weighted by molar-refractivity contribution is 0.100. The molecule has 7 nitrogen and oxygen atoms in total. The van der Waals surface area contributed by atoms with Gasteiger partial charge in [0.1, 0.15) is 5.75 Å². The second kappa shape index (κ2) is 12.5. The molecule has 1 saturated heterocycles. The van der Waals surface area contributed by atoms with Crippen molar-refractivity contribution in [3.05, 3.63) is 64.7 Å². The Hall–Kier alpha value is -2.33. The van der Waals surface area contributed by atoms with Crippen molar-refractivity contribution in [3.8, 4) is 5.75 Å². The summed E-state index contributed by atoms with van der Waals surface area (Å²) >= 11 is 0. The van der Waals surface area contributed by atoms with Crippen molar-refractivity contribution in [2.24, 2.45) is 16.6 Å². The van der Waals surface area contributed by atoms with Gasteiger partial charge in [0, 0.05) is 43.8 Å². The summed E-state index contributed by atoms with van der Waals surface area (Å²) < 4.78 is 11.5. The zero-order valence-corrected chi connectivity index (χ0v) is 20.3. The van der Waals surface area contributed by atoms with Gasteiger partial charge in [0.15, 0.2) is 5.96 Å². The molecule has 0 aromatic heterocycles. The van der Waals surface area contributed by atoms with E-state index < -0.39 is 5.91 Å². The van der Waals surface area contributed by atoms with Crippen LogP contribution in [0.15, 0.2) is 47.5 Å². The highest BCUT2D eigenvalue weighted by atomic mass is 127. The van der Waals surface area contributed by atoms with E-state index in [4.69, 9.17) is 15.2 Å². The van der Waals surface area contributed by atoms with E-state index in [0.717, 1.165) is 36.5 Å². The molecular weight excluding hydrogens is 507 g/mol. The molecule has 2 aromatic carbocycles. The molecule has 4 N–H and O–H groups in total. The van der Waals surface area contributed by atoms with Gasteiger partial charge in [-0.3, -0.25) is 9.79 Å². The minimum Gasteiger partial charge on any atom is -0.493 e. The Morgan fingerprint density at radius 2 is 1.94 bits per heavy atom. The first-order valence-corrected chi connectivity index (χ1v) is 10.2. The van der Waals surface area contributed by atoms with Crippen LogP contribution in [0.3, 0.4) is 0 Å². The summed E-state index contributed by atoms with van der Waals surface area (Å²) in [4.78, 5) is 15.5. The highest BCUT2D eigenvalue weighted by molar-refractivity contribution is 14.0. The van der Waals surface area contributed by atoms with Crippen molar-refractivity contribution < 1.29 is 14.3 Å². The minimum atomic E-state index is -0.427. The maximum atomic E-state index is 11.2. The summed E-state index contributed by atoms with van der Waals surface area (Å²) in [5, 5.41) is 6.61. The smallest absolute Gasteiger partial charge is 0.248 e. The van der Waals surface area contributed by atoms with E-state index in [2.05, 4.69) is 40.7 Å². The van der Waals surface area contributed by atoms with Crippen molar-refractivity contribution in [2.75, 3.05) is 26.9 Å². The molecule has 31 heavy (non-hydrogen) atoms. The van der Waals surface area contributed by atoms with Crippen molar-refractivity contribution in [1.82, 2.24) is 10.6 Å². The molecule has 1 fully saturated rings. The second-order valence-corrected chi connectivity index (χ2v) is 7.49. The minimum absolute atomic E-state index is 0. The molecule has 3 rings (SSSR count). The number of hydrogen-bond acceptors (Lipinski definition) is 4. The van der Waals surface area contributed by atoms with Gasteiger partial charge in [0.2, 0.25) is 5.91 Å². The number of nitrogens with one attached hydrogen (secondary N) is 2. The molecule has 8 heteroatoms. The molecule has 0 aliphatic carbocycles. The zero-order chi connectivity index (χ0) is 21.3. The van der Waals surface area contributed by atoms with Gasteiger partial charge in [-0.2, -0.15) is 0 Å². The molecular formula is C23H31IN4O3. The topological polar surface area (TPSA) is 98.0 Å². The largest absolute Gasteiger partial charge is 0.493 e. The molecule has 1 heterocycles. The second-order valence-electron chi connectivity index (χ2n) is 7.49. The summed E-state index contributed by atoms with van der Waals surface area (Å²) in [5.74, 6) is 1.61. The predicted molar refractivity (Wildman–Crippen MR) is 133 cm³/mol.